The van der Waals surface area contributed by atoms with E-state index in [1.54, 1.807) is 18.3 Å². The maximum absolute atomic E-state index is 12.9. The number of phenols is 1. The third-order valence-corrected chi connectivity index (χ3v) is 4.60. The van der Waals surface area contributed by atoms with E-state index in [2.05, 4.69) is 20.3 Å². The third kappa shape index (κ3) is 3.57. The van der Waals surface area contributed by atoms with Crippen LogP contribution in [0.5, 0.6) is 5.75 Å². The molecule has 1 aliphatic heterocycles. The number of pyridine rings is 1. The molecule has 146 valence electrons. The molecule has 3 heterocycles. The van der Waals surface area contributed by atoms with E-state index in [4.69, 9.17) is 4.74 Å². The summed E-state index contributed by atoms with van der Waals surface area (Å²) in [6.07, 6.45) is -2.06. The van der Waals surface area contributed by atoms with Gasteiger partial charge in [-0.1, -0.05) is 0 Å². The SMILES string of the molecule is Cc1cc(C(F)(F)F)cc(O)c1-c1ccc2cnc(N[C@@H]3CCOC3)nc2n1. The molecule has 2 aromatic heterocycles. The molecule has 0 radical (unpaired) electrons. The molecule has 0 aliphatic carbocycles. The van der Waals surface area contributed by atoms with Crippen LogP contribution in [-0.4, -0.2) is 39.3 Å². The molecule has 0 amide bonds. The Hall–Kier alpha value is -2.94. The fourth-order valence-electron chi connectivity index (χ4n) is 3.21. The van der Waals surface area contributed by atoms with Gasteiger partial charge < -0.3 is 15.2 Å². The molecule has 1 fully saturated rings. The predicted molar refractivity (Wildman–Crippen MR) is 97.0 cm³/mol. The number of aromatic hydroxyl groups is 1. The van der Waals surface area contributed by atoms with Crippen LogP contribution >= 0.6 is 0 Å². The van der Waals surface area contributed by atoms with Crippen LogP contribution < -0.4 is 5.32 Å². The molecule has 6 nitrogen and oxygen atoms in total. The van der Waals surface area contributed by atoms with Crippen molar-refractivity contribution in [3.05, 3.63) is 41.6 Å². The van der Waals surface area contributed by atoms with E-state index in [9.17, 15) is 18.3 Å². The van der Waals surface area contributed by atoms with Crippen molar-refractivity contribution < 1.29 is 23.0 Å². The second-order valence-electron chi connectivity index (χ2n) is 6.69. The number of hydrogen-bond acceptors (Lipinski definition) is 6. The van der Waals surface area contributed by atoms with Gasteiger partial charge in [0.2, 0.25) is 5.95 Å². The number of nitrogens with one attached hydrogen (secondary N) is 1. The van der Waals surface area contributed by atoms with E-state index in [0.29, 0.717) is 42.0 Å². The first-order valence-electron chi connectivity index (χ1n) is 8.70. The van der Waals surface area contributed by atoms with E-state index < -0.39 is 17.5 Å². The summed E-state index contributed by atoms with van der Waals surface area (Å²) >= 11 is 0. The molecule has 1 atom stereocenters. The van der Waals surface area contributed by atoms with E-state index >= 15 is 0 Å². The second kappa shape index (κ2) is 6.90. The zero-order valence-electron chi connectivity index (χ0n) is 14.9. The molecule has 1 saturated heterocycles. The zero-order valence-corrected chi connectivity index (χ0v) is 14.9. The molecule has 1 aromatic carbocycles. The number of anilines is 1. The molecule has 3 aromatic rings. The van der Waals surface area contributed by atoms with Gasteiger partial charge >= 0.3 is 6.18 Å². The Bertz CT molecular complexity index is 1010. The van der Waals surface area contributed by atoms with Crippen molar-refractivity contribution in [1.29, 1.82) is 0 Å². The van der Waals surface area contributed by atoms with Crippen molar-refractivity contribution in [2.24, 2.45) is 0 Å². The van der Waals surface area contributed by atoms with Crippen molar-refractivity contribution in [2.45, 2.75) is 25.6 Å². The second-order valence-corrected chi connectivity index (χ2v) is 6.69. The van der Waals surface area contributed by atoms with Crippen molar-refractivity contribution in [2.75, 3.05) is 18.5 Å². The molecule has 0 unspecified atom stereocenters. The first-order valence-corrected chi connectivity index (χ1v) is 8.70. The normalized spacial score (nSPS) is 17.2. The number of ether oxygens (including phenoxy) is 1. The minimum atomic E-state index is -4.53. The average Bonchev–Trinajstić information content (AvgIpc) is 3.13. The first-order chi connectivity index (χ1) is 13.3. The highest BCUT2D eigenvalue weighted by molar-refractivity contribution is 5.81. The zero-order chi connectivity index (χ0) is 19.9. The van der Waals surface area contributed by atoms with Gasteiger partial charge in [-0.15, -0.1) is 0 Å². The largest absolute Gasteiger partial charge is 0.507 e. The lowest BCUT2D eigenvalue weighted by Crippen LogP contribution is -2.20. The van der Waals surface area contributed by atoms with Crippen molar-refractivity contribution >= 4 is 17.0 Å². The summed E-state index contributed by atoms with van der Waals surface area (Å²) in [5.74, 6) is -0.0734. The summed E-state index contributed by atoms with van der Waals surface area (Å²) in [4.78, 5) is 13.1. The summed E-state index contributed by atoms with van der Waals surface area (Å²) in [6.45, 7) is 2.76. The maximum Gasteiger partial charge on any atom is 0.416 e. The summed E-state index contributed by atoms with van der Waals surface area (Å²) in [5.41, 5.74) is 0.333. The van der Waals surface area contributed by atoms with Gasteiger partial charge in [-0.3, -0.25) is 0 Å². The fraction of sp³-hybridized carbons (Fsp3) is 0.316. The summed E-state index contributed by atoms with van der Waals surface area (Å²) in [5, 5.41) is 14.1. The molecule has 9 heteroatoms. The Labute approximate surface area is 158 Å². The Morgan fingerprint density at radius 2 is 2.04 bits per heavy atom. The van der Waals surface area contributed by atoms with Crippen molar-refractivity contribution in [1.82, 2.24) is 15.0 Å². The number of halogens is 3. The number of nitrogens with zero attached hydrogens (tertiary/aromatic N) is 3. The molecule has 0 saturated carbocycles. The number of alkyl halides is 3. The van der Waals surface area contributed by atoms with Crippen LogP contribution in [0.2, 0.25) is 0 Å². The van der Waals surface area contributed by atoms with Gasteiger partial charge in [0.25, 0.3) is 0 Å². The molecular weight excluding hydrogens is 373 g/mol. The third-order valence-electron chi connectivity index (χ3n) is 4.60. The van der Waals surface area contributed by atoms with Gasteiger partial charge in [-0.25, -0.2) is 9.97 Å². The Kier molecular flexibility index (Phi) is 4.54. The van der Waals surface area contributed by atoms with Crippen molar-refractivity contribution in [3.8, 4) is 17.0 Å². The summed E-state index contributed by atoms with van der Waals surface area (Å²) in [6, 6.07) is 5.17. The quantitative estimate of drug-likeness (QED) is 0.706. The van der Waals surface area contributed by atoms with Crippen LogP contribution in [0.4, 0.5) is 19.1 Å². The summed E-state index contributed by atoms with van der Waals surface area (Å²) < 4.78 is 44.1. The molecular formula is C19H17F3N4O2. The highest BCUT2D eigenvalue weighted by atomic mass is 19.4. The van der Waals surface area contributed by atoms with Crippen LogP contribution in [0.3, 0.4) is 0 Å². The van der Waals surface area contributed by atoms with Crippen LogP contribution in [-0.2, 0) is 10.9 Å². The number of rotatable bonds is 3. The molecule has 28 heavy (non-hydrogen) atoms. The minimum absolute atomic E-state index is 0.127. The number of aryl methyl sites for hydroxylation is 1. The minimum Gasteiger partial charge on any atom is -0.507 e. The lowest BCUT2D eigenvalue weighted by molar-refractivity contribution is -0.137. The molecule has 1 aliphatic rings. The number of fused-ring (bicyclic) bond motifs is 1. The van der Waals surface area contributed by atoms with E-state index in [1.807, 2.05) is 0 Å². The van der Waals surface area contributed by atoms with Gasteiger partial charge in [0.05, 0.1) is 23.9 Å². The average molecular weight is 390 g/mol. The van der Waals surface area contributed by atoms with Crippen LogP contribution in [0.25, 0.3) is 22.3 Å². The smallest absolute Gasteiger partial charge is 0.416 e. The number of benzene rings is 1. The number of aromatic nitrogens is 3. The molecule has 4 rings (SSSR count). The Morgan fingerprint density at radius 1 is 1.21 bits per heavy atom. The van der Waals surface area contributed by atoms with E-state index in [-0.39, 0.29) is 17.2 Å². The lowest BCUT2D eigenvalue weighted by atomic mass is 10.00. The number of phenolic OH excluding ortho intramolecular Hbond substituents is 1. The van der Waals surface area contributed by atoms with Gasteiger partial charge in [-0.2, -0.15) is 18.2 Å². The molecule has 0 spiro atoms. The van der Waals surface area contributed by atoms with E-state index in [0.717, 1.165) is 12.5 Å². The lowest BCUT2D eigenvalue weighted by Gasteiger charge is -2.14. The fourth-order valence-corrected chi connectivity index (χ4v) is 3.21. The van der Waals surface area contributed by atoms with Gasteiger partial charge in [-0.05, 0) is 43.2 Å². The highest BCUT2D eigenvalue weighted by Gasteiger charge is 2.32. The van der Waals surface area contributed by atoms with Gasteiger partial charge in [0.1, 0.15) is 5.75 Å². The van der Waals surface area contributed by atoms with Gasteiger partial charge in [0.15, 0.2) is 5.65 Å². The van der Waals surface area contributed by atoms with Gasteiger partial charge in [0, 0.05) is 23.8 Å². The van der Waals surface area contributed by atoms with Crippen molar-refractivity contribution in [3.63, 3.8) is 0 Å². The number of hydrogen-bond donors (Lipinski definition) is 2. The Balaban J connectivity index is 1.72. The van der Waals surface area contributed by atoms with Crippen LogP contribution in [0.15, 0.2) is 30.5 Å². The predicted octanol–water partition coefficient (Wildman–Crippen LogP) is 3.93. The molecule has 0 bridgehead atoms. The van der Waals surface area contributed by atoms with E-state index in [1.165, 1.54) is 6.92 Å². The highest BCUT2D eigenvalue weighted by Crippen LogP contribution is 2.38. The maximum atomic E-state index is 12.9. The first kappa shape index (κ1) is 18.4. The monoisotopic (exact) mass is 390 g/mol. The molecule has 2 N–H and O–H groups in total. The Morgan fingerprint density at radius 3 is 2.71 bits per heavy atom. The summed E-state index contributed by atoms with van der Waals surface area (Å²) in [7, 11) is 0. The van der Waals surface area contributed by atoms with Crippen LogP contribution in [0.1, 0.15) is 17.5 Å². The topological polar surface area (TPSA) is 80.2 Å². The standard InChI is InChI=1S/C19H17F3N4O2/c1-10-6-12(19(20,21)22)7-15(27)16(10)14-3-2-11-8-23-18(26-17(11)25-14)24-13-4-5-28-9-13/h2-3,6-8,13,27H,4-5,9H2,1H3,(H,23,24,25,26)/t13-/m1/s1. The van der Waals surface area contributed by atoms with Crippen LogP contribution in [0, 0.1) is 6.92 Å².